The third kappa shape index (κ3) is 9.06. The summed E-state index contributed by atoms with van der Waals surface area (Å²) in [6, 6.07) is 0. The minimum Gasteiger partial charge on any atom is -0.455 e. The maximum Gasteiger partial charge on any atom is 0.322 e. The summed E-state index contributed by atoms with van der Waals surface area (Å²) in [7, 11) is 0. The Morgan fingerprint density at radius 3 is 1.14 bits per heavy atom. The molecule has 0 rings (SSSR count). The van der Waals surface area contributed by atoms with Crippen LogP contribution in [-0.4, -0.2) is 72.6 Å². The topological polar surface area (TPSA) is 119 Å². The van der Waals surface area contributed by atoms with Crippen LogP contribution in [0.5, 0.6) is 0 Å². The Hall–Kier alpha value is -0.230. The largest absolute Gasteiger partial charge is 0.455 e. The van der Waals surface area contributed by atoms with Crippen molar-refractivity contribution >= 4 is 65.7 Å². The van der Waals surface area contributed by atoms with Gasteiger partial charge in [-0.15, -0.1) is 0 Å². The summed E-state index contributed by atoms with van der Waals surface area (Å²) in [5, 5.41) is 19.5. The highest BCUT2D eigenvalue weighted by Gasteiger charge is 2.43. The molecule has 0 spiro atoms. The quantitative estimate of drug-likeness (QED) is 0.223. The molecule has 0 fully saturated rings. The van der Waals surface area contributed by atoms with Gasteiger partial charge in [-0.25, -0.2) is 0 Å². The van der Waals surface area contributed by atoms with Crippen LogP contribution < -0.4 is 0 Å². The van der Waals surface area contributed by atoms with Gasteiger partial charge in [0.05, 0.1) is 13.2 Å². The van der Waals surface area contributed by atoms with Crippen molar-refractivity contribution in [2.24, 2.45) is 0 Å². The van der Waals surface area contributed by atoms with Gasteiger partial charge in [-0.1, -0.05) is 47.8 Å². The van der Waals surface area contributed by atoms with E-state index >= 15 is 0 Å². The van der Waals surface area contributed by atoms with Gasteiger partial charge in [0.1, 0.15) is 13.0 Å². The van der Waals surface area contributed by atoms with Gasteiger partial charge in [0.25, 0.3) is 0 Å². The highest BCUT2D eigenvalue weighted by molar-refractivity contribution is 9.10. The van der Waals surface area contributed by atoms with Crippen LogP contribution in [0.4, 0.5) is 0 Å². The molecule has 0 radical (unpaired) electrons. The van der Waals surface area contributed by atoms with Crippen molar-refractivity contribution in [3.63, 3.8) is 0 Å². The van der Waals surface area contributed by atoms with Crippen molar-refractivity contribution < 1.29 is 38.8 Å². The number of aliphatic hydroxyl groups excluding tert-OH is 2. The molecule has 0 saturated heterocycles. The lowest BCUT2D eigenvalue weighted by atomic mass is 10.1. The number of rotatable bonds is 10. The number of alkyl halides is 3. The number of halogens is 3. The van der Waals surface area contributed by atoms with Gasteiger partial charge in [0.2, 0.25) is 0 Å². The first-order valence-corrected chi connectivity index (χ1v) is 10.7. The molecular weight excluding hydrogens is 572 g/mol. The normalized spacial score (nSPS) is 16.0. The third-order valence-electron chi connectivity index (χ3n) is 3.31. The van der Waals surface area contributed by atoms with Crippen molar-refractivity contribution in [3.8, 4) is 0 Å². The summed E-state index contributed by atoms with van der Waals surface area (Å²) < 4.78 is 12.6. The second kappa shape index (κ2) is 10.7. The Kier molecular flexibility index (Phi) is 10.6. The molecule has 0 bridgehead atoms. The third-order valence-corrected chi connectivity index (χ3v) is 4.28. The lowest BCUT2D eigenvalue weighted by Crippen LogP contribution is -2.52. The molecule has 0 heterocycles. The zero-order chi connectivity index (χ0) is 22.5. The van der Waals surface area contributed by atoms with Crippen molar-refractivity contribution in [2.75, 3.05) is 13.2 Å². The van der Waals surface area contributed by atoms with E-state index < -0.39 is 62.4 Å². The Labute approximate surface area is 190 Å². The van der Waals surface area contributed by atoms with Gasteiger partial charge < -0.3 is 24.4 Å². The van der Waals surface area contributed by atoms with E-state index in [0.29, 0.717) is 0 Å². The number of carbonyl (C=O) groups excluding carboxylic acids is 3. The Bertz CT molecular complexity index is 524. The fraction of sp³-hybridized carbons (Fsp3) is 0.824. The van der Waals surface area contributed by atoms with Crippen LogP contribution >= 0.6 is 47.8 Å². The molecule has 0 aliphatic rings. The number of carbonyl (C=O) groups is 3. The Morgan fingerprint density at radius 1 is 0.679 bits per heavy atom. The second-order valence-electron chi connectivity index (χ2n) is 7.54. The summed E-state index contributed by atoms with van der Waals surface area (Å²) >= 11 is 9.43. The maximum atomic E-state index is 12.3. The SMILES string of the molecule is CC(C)(Br)C(=O)OC(CO)C(OC(=O)C(C)(C)Br)C(CO)OC(=O)C(C)(C)Br. The molecule has 2 unspecified atom stereocenters. The monoisotopic (exact) mass is 596 g/mol. The number of esters is 3. The van der Waals surface area contributed by atoms with Crippen molar-refractivity contribution in [1.82, 2.24) is 0 Å². The summed E-state index contributed by atoms with van der Waals surface area (Å²) in [5.41, 5.74) is 0. The first kappa shape index (κ1) is 27.8. The van der Waals surface area contributed by atoms with Crippen molar-refractivity contribution in [3.05, 3.63) is 0 Å². The molecule has 0 aliphatic heterocycles. The number of ether oxygens (including phenoxy) is 3. The van der Waals surface area contributed by atoms with E-state index in [1.54, 1.807) is 0 Å². The Balaban J connectivity index is 5.83. The molecule has 0 aromatic heterocycles. The zero-order valence-electron chi connectivity index (χ0n) is 16.6. The second-order valence-corrected chi connectivity index (χ2v) is 13.5. The van der Waals surface area contributed by atoms with Crippen LogP contribution in [0.15, 0.2) is 0 Å². The zero-order valence-corrected chi connectivity index (χ0v) is 21.4. The van der Waals surface area contributed by atoms with E-state index in [2.05, 4.69) is 47.8 Å². The predicted molar refractivity (Wildman–Crippen MR) is 113 cm³/mol. The van der Waals surface area contributed by atoms with Crippen molar-refractivity contribution in [2.45, 2.75) is 72.8 Å². The van der Waals surface area contributed by atoms with Gasteiger partial charge in [0, 0.05) is 0 Å². The number of aliphatic hydroxyl groups is 2. The molecule has 0 aromatic carbocycles. The van der Waals surface area contributed by atoms with Crippen LogP contribution in [0.3, 0.4) is 0 Å². The molecule has 2 atom stereocenters. The minimum absolute atomic E-state index is 0.735. The standard InChI is InChI=1S/C17H27Br3O8/c1-15(2,18)12(23)26-9(7-21)11(28-14(25)17(5,6)20)10(8-22)27-13(24)16(3,4)19/h9-11,21-22H,7-8H2,1-6H3. The average Bonchev–Trinajstić information content (AvgIpc) is 2.52. The Morgan fingerprint density at radius 2 is 0.929 bits per heavy atom. The maximum absolute atomic E-state index is 12.3. The van der Waals surface area contributed by atoms with E-state index in [0.717, 1.165) is 0 Å². The lowest BCUT2D eigenvalue weighted by Gasteiger charge is -2.34. The highest BCUT2D eigenvalue weighted by Crippen LogP contribution is 2.26. The van der Waals surface area contributed by atoms with Gasteiger partial charge in [-0.3, -0.25) is 14.4 Å². The molecule has 8 nitrogen and oxygen atoms in total. The smallest absolute Gasteiger partial charge is 0.322 e. The van der Waals surface area contributed by atoms with Crippen LogP contribution in [-0.2, 0) is 28.6 Å². The first-order valence-electron chi connectivity index (χ1n) is 8.36. The summed E-state index contributed by atoms with van der Waals surface area (Å²) in [5.74, 6) is -2.25. The fourth-order valence-corrected chi connectivity index (χ4v) is 1.91. The molecule has 0 aromatic rings. The lowest BCUT2D eigenvalue weighted by molar-refractivity contribution is -0.193. The fourth-order valence-electron chi connectivity index (χ4n) is 1.63. The molecule has 164 valence electrons. The highest BCUT2D eigenvalue weighted by atomic mass is 79.9. The molecule has 11 heteroatoms. The molecular formula is C17H27Br3O8. The van der Waals surface area contributed by atoms with Crippen molar-refractivity contribution in [1.29, 1.82) is 0 Å². The van der Waals surface area contributed by atoms with E-state index in [1.807, 2.05) is 0 Å². The number of hydrogen-bond donors (Lipinski definition) is 2. The number of hydrogen-bond acceptors (Lipinski definition) is 8. The van der Waals surface area contributed by atoms with Crippen LogP contribution in [0.2, 0.25) is 0 Å². The van der Waals surface area contributed by atoms with Gasteiger partial charge >= 0.3 is 17.9 Å². The van der Waals surface area contributed by atoms with Crippen LogP contribution in [0, 0.1) is 0 Å². The molecule has 28 heavy (non-hydrogen) atoms. The molecule has 0 aliphatic carbocycles. The first-order chi connectivity index (χ1) is 12.4. The summed E-state index contributed by atoms with van der Waals surface area (Å²) in [4.78, 5) is 36.8. The van der Waals surface area contributed by atoms with Crippen LogP contribution in [0.25, 0.3) is 0 Å². The van der Waals surface area contributed by atoms with Gasteiger partial charge in [-0.05, 0) is 41.5 Å². The predicted octanol–water partition coefficient (Wildman–Crippen LogP) is 2.23. The summed E-state index contributed by atoms with van der Waals surface area (Å²) in [6.07, 6.45) is -4.21. The van der Waals surface area contributed by atoms with E-state index in [9.17, 15) is 24.6 Å². The van der Waals surface area contributed by atoms with E-state index in [4.69, 9.17) is 14.2 Å². The van der Waals surface area contributed by atoms with E-state index in [-0.39, 0.29) is 0 Å². The molecule has 2 N–H and O–H groups in total. The minimum atomic E-state index is -1.45. The van der Waals surface area contributed by atoms with E-state index in [1.165, 1.54) is 41.5 Å². The molecule has 0 saturated carbocycles. The van der Waals surface area contributed by atoms with Crippen LogP contribution in [0.1, 0.15) is 41.5 Å². The molecule has 0 amide bonds. The average molecular weight is 599 g/mol. The van der Waals surface area contributed by atoms with Gasteiger partial charge in [0.15, 0.2) is 18.3 Å². The van der Waals surface area contributed by atoms with Gasteiger partial charge in [-0.2, -0.15) is 0 Å². The summed E-state index contributed by atoms with van der Waals surface area (Å²) in [6.45, 7) is 7.70.